The lowest BCUT2D eigenvalue weighted by Gasteiger charge is -2.11. The summed E-state index contributed by atoms with van der Waals surface area (Å²) in [5.74, 6) is -1.96. The number of amides is 3. The molecule has 0 saturated carbocycles. The van der Waals surface area contributed by atoms with E-state index < -0.39 is 17.7 Å². The molecule has 4 aromatic rings. The molecular weight excluding hydrogens is 476 g/mol. The van der Waals surface area contributed by atoms with Gasteiger partial charge in [-0.3, -0.25) is 19.2 Å². The topological polar surface area (TPSA) is 139 Å². The van der Waals surface area contributed by atoms with Crippen LogP contribution in [0.4, 0.5) is 11.4 Å². The molecule has 0 aliphatic heterocycles. The highest BCUT2D eigenvalue weighted by Crippen LogP contribution is 2.20. The van der Waals surface area contributed by atoms with E-state index in [1.807, 2.05) is 6.92 Å². The molecule has 0 aliphatic rings. The molecule has 1 heterocycles. The summed E-state index contributed by atoms with van der Waals surface area (Å²) in [4.78, 5) is 49.9. The molecule has 0 bridgehead atoms. The molecule has 37 heavy (non-hydrogen) atoms. The van der Waals surface area contributed by atoms with Crippen molar-refractivity contribution in [3.05, 3.63) is 100 Å². The molecule has 0 unspecified atom stereocenters. The maximum atomic E-state index is 12.8. The van der Waals surface area contributed by atoms with Gasteiger partial charge in [0.1, 0.15) is 17.6 Å². The number of hydrazone groups is 1. The van der Waals surface area contributed by atoms with Gasteiger partial charge in [0, 0.05) is 5.69 Å². The number of anilines is 2. The summed E-state index contributed by atoms with van der Waals surface area (Å²) >= 11 is 0. The minimum Gasteiger partial charge on any atom is -0.494 e. The number of ether oxygens (including phenoxy) is 1. The lowest BCUT2D eigenvalue weighted by atomic mass is 10.1. The predicted octanol–water partition coefficient (Wildman–Crippen LogP) is 3.53. The third kappa shape index (κ3) is 6.06. The fourth-order valence-corrected chi connectivity index (χ4v) is 3.36. The SMILES string of the molecule is CCOc1ccc(NC(=O)c2ccccc2NC(=O)C(=O)N/N=C/c2coc3ccccc3c2=O)cc1. The summed E-state index contributed by atoms with van der Waals surface area (Å²) in [7, 11) is 0. The fraction of sp³-hybridized carbons (Fsp3) is 0.0741. The Morgan fingerprint density at radius 2 is 1.65 bits per heavy atom. The van der Waals surface area contributed by atoms with Crippen LogP contribution in [0.2, 0.25) is 0 Å². The molecule has 10 heteroatoms. The van der Waals surface area contributed by atoms with Crippen molar-refractivity contribution in [2.75, 3.05) is 17.2 Å². The van der Waals surface area contributed by atoms with Crippen LogP contribution in [-0.2, 0) is 9.59 Å². The molecule has 0 fully saturated rings. The number of benzene rings is 3. The zero-order valence-electron chi connectivity index (χ0n) is 19.7. The molecule has 186 valence electrons. The van der Waals surface area contributed by atoms with Gasteiger partial charge in [-0.1, -0.05) is 24.3 Å². The van der Waals surface area contributed by atoms with Crippen LogP contribution in [0.1, 0.15) is 22.8 Å². The summed E-state index contributed by atoms with van der Waals surface area (Å²) < 4.78 is 10.8. The Labute approximate surface area is 210 Å². The van der Waals surface area contributed by atoms with Crippen LogP contribution < -0.4 is 26.2 Å². The first-order valence-corrected chi connectivity index (χ1v) is 11.2. The fourth-order valence-electron chi connectivity index (χ4n) is 3.36. The van der Waals surface area contributed by atoms with Crippen LogP contribution in [0.3, 0.4) is 0 Å². The number of carbonyl (C=O) groups excluding carboxylic acids is 3. The summed E-state index contributed by atoms with van der Waals surface area (Å²) in [6.45, 7) is 2.40. The second-order valence-electron chi connectivity index (χ2n) is 7.63. The van der Waals surface area contributed by atoms with E-state index in [9.17, 15) is 19.2 Å². The summed E-state index contributed by atoms with van der Waals surface area (Å²) in [5, 5.41) is 9.16. The zero-order chi connectivity index (χ0) is 26.2. The van der Waals surface area contributed by atoms with Gasteiger partial charge in [0.05, 0.1) is 35.0 Å². The maximum absolute atomic E-state index is 12.8. The molecule has 3 aromatic carbocycles. The standard InChI is InChI=1S/C27H22N4O6/c1-2-36-19-13-11-18(12-14-19)29-25(33)20-7-3-5-9-22(20)30-26(34)27(35)31-28-15-17-16-37-23-10-6-4-8-21(23)24(17)32/h3-16H,2H2,1H3,(H,29,33)(H,30,34)(H,31,35)/b28-15+. The van der Waals surface area contributed by atoms with E-state index in [2.05, 4.69) is 21.2 Å². The van der Waals surface area contributed by atoms with Crippen molar-refractivity contribution in [2.24, 2.45) is 5.10 Å². The minimum atomic E-state index is -1.09. The summed E-state index contributed by atoms with van der Waals surface area (Å²) in [6.07, 6.45) is 2.29. The summed E-state index contributed by atoms with van der Waals surface area (Å²) in [5.41, 5.74) is 3.03. The first kappa shape index (κ1) is 24.9. The monoisotopic (exact) mass is 498 g/mol. The van der Waals surface area contributed by atoms with Crippen molar-refractivity contribution >= 4 is 46.3 Å². The highest BCUT2D eigenvalue weighted by molar-refractivity contribution is 6.40. The smallest absolute Gasteiger partial charge is 0.329 e. The van der Waals surface area contributed by atoms with Gasteiger partial charge in [-0.05, 0) is 55.5 Å². The first-order valence-electron chi connectivity index (χ1n) is 11.2. The van der Waals surface area contributed by atoms with Crippen LogP contribution in [0.25, 0.3) is 11.0 Å². The molecule has 0 atom stereocenters. The number of nitrogens with one attached hydrogen (secondary N) is 3. The second kappa shape index (κ2) is 11.5. The van der Waals surface area contributed by atoms with Crippen LogP contribution in [0.15, 0.2) is 93.4 Å². The Morgan fingerprint density at radius 1 is 0.919 bits per heavy atom. The van der Waals surface area contributed by atoms with Crippen molar-refractivity contribution in [1.82, 2.24) is 5.43 Å². The number of para-hydroxylation sites is 2. The Hall–Kier alpha value is -5.25. The van der Waals surface area contributed by atoms with E-state index in [4.69, 9.17) is 9.15 Å². The predicted molar refractivity (Wildman–Crippen MR) is 139 cm³/mol. The van der Waals surface area contributed by atoms with E-state index in [0.717, 1.165) is 6.21 Å². The molecular formula is C27H22N4O6. The van der Waals surface area contributed by atoms with E-state index in [1.165, 1.54) is 18.4 Å². The van der Waals surface area contributed by atoms with Crippen molar-refractivity contribution in [3.63, 3.8) is 0 Å². The second-order valence-corrected chi connectivity index (χ2v) is 7.63. The minimum absolute atomic E-state index is 0.0933. The highest BCUT2D eigenvalue weighted by Gasteiger charge is 2.18. The number of hydrogen-bond donors (Lipinski definition) is 3. The average Bonchev–Trinajstić information content (AvgIpc) is 2.91. The van der Waals surface area contributed by atoms with Crippen LogP contribution >= 0.6 is 0 Å². The largest absolute Gasteiger partial charge is 0.494 e. The Morgan fingerprint density at radius 3 is 2.43 bits per heavy atom. The van der Waals surface area contributed by atoms with Crippen LogP contribution in [0, 0.1) is 0 Å². The lowest BCUT2D eigenvalue weighted by molar-refractivity contribution is -0.136. The van der Waals surface area contributed by atoms with Crippen molar-refractivity contribution in [1.29, 1.82) is 0 Å². The summed E-state index contributed by atoms with van der Waals surface area (Å²) in [6, 6.07) is 19.7. The quantitative estimate of drug-likeness (QED) is 0.202. The molecule has 3 N–H and O–H groups in total. The van der Waals surface area contributed by atoms with Gasteiger partial charge in [0.15, 0.2) is 0 Å². The molecule has 0 aliphatic carbocycles. The van der Waals surface area contributed by atoms with E-state index in [-0.39, 0.29) is 22.2 Å². The van der Waals surface area contributed by atoms with Crippen LogP contribution in [0.5, 0.6) is 5.75 Å². The van der Waals surface area contributed by atoms with Gasteiger partial charge in [-0.25, -0.2) is 5.43 Å². The Balaban J connectivity index is 1.39. The molecule has 0 radical (unpaired) electrons. The number of hydrogen-bond acceptors (Lipinski definition) is 7. The van der Waals surface area contributed by atoms with Gasteiger partial charge >= 0.3 is 11.8 Å². The Kier molecular flexibility index (Phi) is 7.69. The lowest BCUT2D eigenvalue weighted by Crippen LogP contribution is -2.33. The zero-order valence-corrected chi connectivity index (χ0v) is 19.7. The molecule has 3 amide bonds. The third-order valence-electron chi connectivity index (χ3n) is 5.13. The number of rotatable bonds is 7. The van der Waals surface area contributed by atoms with E-state index >= 15 is 0 Å². The van der Waals surface area contributed by atoms with E-state index in [0.29, 0.717) is 29.0 Å². The van der Waals surface area contributed by atoms with Gasteiger partial charge in [-0.15, -0.1) is 0 Å². The molecule has 1 aromatic heterocycles. The van der Waals surface area contributed by atoms with Gasteiger partial charge in [0.2, 0.25) is 5.43 Å². The number of nitrogens with zero attached hydrogens (tertiary/aromatic N) is 1. The van der Waals surface area contributed by atoms with Crippen LogP contribution in [-0.4, -0.2) is 30.5 Å². The number of carbonyl (C=O) groups is 3. The molecule has 0 spiro atoms. The molecule has 0 saturated heterocycles. The maximum Gasteiger partial charge on any atom is 0.329 e. The van der Waals surface area contributed by atoms with Gasteiger partial charge < -0.3 is 19.8 Å². The van der Waals surface area contributed by atoms with Crippen molar-refractivity contribution in [3.8, 4) is 5.75 Å². The van der Waals surface area contributed by atoms with Crippen molar-refractivity contribution < 1.29 is 23.5 Å². The Bertz CT molecular complexity index is 1540. The average molecular weight is 498 g/mol. The highest BCUT2D eigenvalue weighted by atomic mass is 16.5. The van der Waals surface area contributed by atoms with E-state index in [1.54, 1.807) is 60.7 Å². The van der Waals surface area contributed by atoms with Crippen molar-refractivity contribution in [2.45, 2.75) is 6.92 Å². The normalized spacial score (nSPS) is 10.7. The molecule has 10 nitrogen and oxygen atoms in total. The van der Waals surface area contributed by atoms with Gasteiger partial charge in [-0.2, -0.15) is 5.10 Å². The van der Waals surface area contributed by atoms with Gasteiger partial charge in [0.25, 0.3) is 5.91 Å². The first-order chi connectivity index (χ1) is 18.0. The third-order valence-corrected chi connectivity index (χ3v) is 5.13. The molecule has 4 rings (SSSR count). The number of fused-ring (bicyclic) bond motifs is 1.